The van der Waals surface area contributed by atoms with Crippen molar-refractivity contribution in [2.24, 2.45) is 5.41 Å². The lowest BCUT2D eigenvalue weighted by Crippen LogP contribution is -2.55. The van der Waals surface area contributed by atoms with E-state index in [1.165, 1.54) is 18.9 Å². The second-order valence-electron chi connectivity index (χ2n) is 14.0. The summed E-state index contributed by atoms with van der Waals surface area (Å²) in [6, 6.07) is 42.7. The van der Waals surface area contributed by atoms with Gasteiger partial charge in [-0.15, -0.1) is 11.8 Å². The van der Waals surface area contributed by atoms with Crippen LogP contribution >= 0.6 is 11.8 Å². The standard InChI is InChI=1S/C45H50N2O5S2/c1-5-7-28-44(6-2)32-47(37-26-18-11-19-27-37)39-29-41(53-4)40(30-42(39)54(49,50)33-44)52-31-38(43(48)51-3)46-45(34-20-12-8-13-21-34,35-22-14-9-15-23-35)36-24-16-10-17-25-36/h8-27,29-30,38,46H,5-7,28,31-33H2,1-4H3/t38-,44?/m1/s1. The van der Waals surface area contributed by atoms with Gasteiger partial charge in [-0.1, -0.05) is 136 Å². The molecule has 5 aromatic rings. The highest BCUT2D eigenvalue weighted by atomic mass is 32.2. The number of thioether (sulfide) groups is 1. The zero-order valence-corrected chi connectivity index (χ0v) is 33.2. The van der Waals surface area contributed by atoms with Crippen molar-refractivity contribution < 1.29 is 22.7 Å². The fourth-order valence-electron chi connectivity index (χ4n) is 7.70. The van der Waals surface area contributed by atoms with Gasteiger partial charge in [0.15, 0.2) is 9.84 Å². The second kappa shape index (κ2) is 17.3. The van der Waals surface area contributed by atoms with Crippen molar-refractivity contribution in [2.45, 2.75) is 60.9 Å². The van der Waals surface area contributed by atoms with Crippen LogP contribution in [0, 0.1) is 5.41 Å². The van der Waals surface area contributed by atoms with Crippen LogP contribution in [-0.4, -0.2) is 52.7 Å². The number of nitrogens with zero attached hydrogens (tertiary/aromatic N) is 1. The number of rotatable bonds is 15. The molecule has 54 heavy (non-hydrogen) atoms. The number of fused-ring (bicyclic) bond motifs is 1. The number of esters is 1. The first-order chi connectivity index (χ1) is 26.2. The first-order valence-electron chi connectivity index (χ1n) is 18.6. The van der Waals surface area contributed by atoms with Crippen LogP contribution in [0.5, 0.6) is 5.75 Å². The van der Waals surface area contributed by atoms with Crippen LogP contribution in [0.3, 0.4) is 0 Å². The molecule has 1 heterocycles. The first-order valence-corrected chi connectivity index (χ1v) is 21.5. The molecule has 7 nitrogen and oxygen atoms in total. The fraction of sp³-hybridized carbons (Fsp3) is 0.311. The van der Waals surface area contributed by atoms with Gasteiger partial charge in [-0.25, -0.2) is 8.42 Å². The summed E-state index contributed by atoms with van der Waals surface area (Å²) in [5.74, 6) is -0.0599. The molecule has 0 spiro atoms. The van der Waals surface area contributed by atoms with Gasteiger partial charge in [-0.2, -0.15) is 0 Å². The molecule has 2 atom stereocenters. The number of benzene rings is 5. The topological polar surface area (TPSA) is 84.9 Å². The van der Waals surface area contributed by atoms with Crippen LogP contribution in [0.4, 0.5) is 11.4 Å². The highest BCUT2D eigenvalue weighted by Crippen LogP contribution is 2.47. The predicted molar refractivity (Wildman–Crippen MR) is 220 cm³/mol. The van der Waals surface area contributed by atoms with E-state index < -0.39 is 32.8 Å². The molecule has 5 aromatic carbocycles. The van der Waals surface area contributed by atoms with Gasteiger partial charge in [0.25, 0.3) is 0 Å². The van der Waals surface area contributed by atoms with Crippen molar-refractivity contribution in [1.29, 1.82) is 0 Å². The van der Waals surface area contributed by atoms with Crippen LogP contribution in [-0.2, 0) is 24.9 Å². The smallest absolute Gasteiger partial charge is 0.326 e. The van der Waals surface area contributed by atoms with Gasteiger partial charge in [0.05, 0.1) is 33.9 Å². The molecule has 0 saturated heterocycles. The number of para-hydroxylation sites is 1. The van der Waals surface area contributed by atoms with Crippen molar-refractivity contribution in [3.05, 3.63) is 150 Å². The minimum Gasteiger partial charge on any atom is -0.490 e. The monoisotopic (exact) mass is 762 g/mol. The molecule has 282 valence electrons. The molecule has 0 radical (unpaired) electrons. The van der Waals surface area contributed by atoms with Crippen molar-refractivity contribution in [3.63, 3.8) is 0 Å². The third-order valence-corrected chi connectivity index (χ3v) is 13.4. The van der Waals surface area contributed by atoms with Crippen LogP contribution in [0.2, 0.25) is 0 Å². The maximum atomic E-state index is 14.5. The van der Waals surface area contributed by atoms with Gasteiger partial charge in [0.1, 0.15) is 18.4 Å². The highest BCUT2D eigenvalue weighted by Gasteiger charge is 2.43. The Kier molecular flexibility index (Phi) is 12.5. The minimum absolute atomic E-state index is 0.0466. The Hall–Kier alpha value is -4.57. The Balaban J connectivity index is 1.44. The fourth-order valence-corrected chi connectivity index (χ4v) is 10.4. The number of methoxy groups -OCH3 is 1. The number of sulfone groups is 1. The van der Waals surface area contributed by atoms with Gasteiger partial charge in [-0.3, -0.25) is 10.1 Å². The zero-order valence-electron chi connectivity index (χ0n) is 31.5. The molecule has 0 fully saturated rings. The molecule has 1 aliphatic rings. The van der Waals surface area contributed by atoms with Crippen LogP contribution in [0.15, 0.2) is 143 Å². The summed E-state index contributed by atoms with van der Waals surface area (Å²) < 4.78 is 41.0. The van der Waals surface area contributed by atoms with Crippen LogP contribution < -0.4 is 15.0 Å². The van der Waals surface area contributed by atoms with E-state index in [0.717, 1.165) is 53.0 Å². The lowest BCUT2D eigenvalue weighted by Gasteiger charge is -2.39. The van der Waals surface area contributed by atoms with E-state index in [1.807, 2.05) is 134 Å². The molecule has 0 amide bonds. The SMILES string of the molecule is CCCCC1(CC)CN(c2ccccc2)c2cc(SC)c(OC[C@@H](NC(c3ccccc3)(c3ccccc3)c3ccccc3)C(=O)OC)cc2S(=O)(=O)C1. The molecule has 0 aromatic heterocycles. The average molecular weight is 763 g/mol. The van der Waals surface area contributed by atoms with Gasteiger partial charge in [0, 0.05) is 23.7 Å². The quantitative estimate of drug-likeness (QED) is 0.0642. The van der Waals surface area contributed by atoms with E-state index in [0.29, 0.717) is 18.0 Å². The van der Waals surface area contributed by atoms with E-state index in [4.69, 9.17) is 9.47 Å². The van der Waals surface area contributed by atoms with E-state index in [9.17, 15) is 13.2 Å². The predicted octanol–water partition coefficient (Wildman–Crippen LogP) is 9.42. The summed E-state index contributed by atoms with van der Waals surface area (Å²) in [6.45, 7) is 4.72. The first kappa shape index (κ1) is 39.1. The summed E-state index contributed by atoms with van der Waals surface area (Å²) >= 11 is 1.48. The lowest BCUT2D eigenvalue weighted by molar-refractivity contribution is -0.144. The van der Waals surface area contributed by atoms with Gasteiger partial charge < -0.3 is 14.4 Å². The molecule has 1 aliphatic heterocycles. The number of hydrogen-bond acceptors (Lipinski definition) is 8. The second-order valence-corrected chi connectivity index (χ2v) is 16.8. The highest BCUT2D eigenvalue weighted by molar-refractivity contribution is 7.98. The Morgan fingerprint density at radius 2 is 1.39 bits per heavy atom. The molecule has 0 bridgehead atoms. The van der Waals surface area contributed by atoms with Gasteiger partial charge in [-0.05, 0) is 54.0 Å². The molecule has 0 aliphatic carbocycles. The molecule has 1 unspecified atom stereocenters. The van der Waals surface area contributed by atoms with Crippen LogP contribution in [0.1, 0.15) is 56.2 Å². The summed E-state index contributed by atoms with van der Waals surface area (Å²) in [7, 11) is -2.39. The molecular formula is C45H50N2O5S2. The van der Waals surface area contributed by atoms with Crippen LogP contribution in [0.25, 0.3) is 0 Å². The van der Waals surface area contributed by atoms with Crippen molar-refractivity contribution >= 4 is 38.9 Å². The van der Waals surface area contributed by atoms with E-state index in [1.54, 1.807) is 6.07 Å². The van der Waals surface area contributed by atoms with Crippen molar-refractivity contribution in [2.75, 3.05) is 37.2 Å². The minimum atomic E-state index is -3.75. The van der Waals surface area contributed by atoms with Crippen molar-refractivity contribution in [3.8, 4) is 5.75 Å². The number of carbonyl (C=O) groups excluding carboxylic acids is 1. The zero-order chi connectivity index (χ0) is 38.2. The van der Waals surface area contributed by atoms with E-state index >= 15 is 0 Å². The number of carbonyl (C=O) groups is 1. The summed E-state index contributed by atoms with van der Waals surface area (Å²) in [4.78, 5) is 16.9. The van der Waals surface area contributed by atoms with Gasteiger partial charge in [0.2, 0.25) is 0 Å². The van der Waals surface area contributed by atoms with E-state index in [2.05, 4.69) is 24.1 Å². The number of anilines is 2. The Morgan fingerprint density at radius 1 is 0.852 bits per heavy atom. The molecule has 1 N–H and O–H groups in total. The number of nitrogens with one attached hydrogen (secondary N) is 1. The molecule has 0 saturated carbocycles. The number of hydrogen-bond donors (Lipinski definition) is 1. The normalized spacial score (nSPS) is 17.2. The Bertz CT molecular complexity index is 2000. The number of ether oxygens (including phenoxy) is 2. The largest absolute Gasteiger partial charge is 0.490 e. The summed E-state index contributed by atoms with van der Waals surface area (Å²) in [6.07, 6.45) is 5.44. The lowest BCUT2D eigenvalue weighted by atomic mass is 9.76. The Morgan fingerprint density at radius 3 is 1.87 bits per heavy atom. The molecular weight excluding hydrogens is 713 g/mol. The number of unbranched alkanes of at least 4 members (excludes halogenated alkanes) is 1. The summed E-state index contributed by atoms with van der Waals surface area (Å²) in [5.41, 5.74) is 2.98. The molecule has 9 heteroatoms. The summed E-state index contributed by atoms with van der Waals surface area (Å²) in [5, 5.41) is 3.70. The maximum absolute atomic E-state index is 14.5. The average Bonchev–Trinajstić information content (AvgIpc) is 3.32. The van der Waals surface area contributed by atoms with Gasteiger partial charge >= 0.3 is 5.97 Å². The molecule has 6 rings (SSSR count). The van der Waals surface area contributed by atoms with Crippen molar-refractivity contribution in [1.82, 2.24) is 5.32 Å². The maximum Gasteiger partial charge on any atom is 0.326 e. The third kappa shape index (κ3) is 8.09. The third-order valence-electron chi connectivity index (χ3n) is 10.6. The Labute approximate surface area is 325 Å². The van der Waals surface area contributed by atoms with E-state index in [-0.39, 0.29) is 17.3 Å².